The van der Waals surface area contributed by atoms with Crippen molar-refractivity contribution in [2.45, 2.75) is 51.3 Å². The molecule has 1 fully saturated rings. The summed E-state index contributed by atoms with van der Waals surface area (Å²) in [5, 5.41) is 0. The van der Waals surface area contributed by atoms with Crippen molar-refractivity contribution < 1.29 is 18.7 Å². The summed E-state index contributed by atoms with van der Waals surface area (Å²) in [6, 6.07) is 1.09. The largest absolute Gasteiger partial charge is 0.453 e. The molecule has 116 valence electrons. The summed E-state index contributed by atoms with van der Waals surface area (Å²) < 4.78 is 26.8. The fraction of sp³-hybridized carbons (Fsp3) is 0.615. The monoisotopic (exact) mass is 300 g/mol. The van der Waals surface area contributed by atoms with E-state index < -0.39 is 40.8 Å². The van der Waals surface area contributed by atoms with E-state index >= 15 is 4.39 Å². The normalized spacial score (nSPS) is 35.7. The molecule has 0 saturated carbocycles. The van der Waals surface area contributed by atoms with Gasteiger partial charge in [-0.15, -0.1) is 0 Å². The summed E-state index contributed by atoms with van der Waals surface area (Å²) in [6.45, 7) is 5.34. The lowest BCUT2D eigenvalue weighted by Crippen LogP contribution is -2.54. The SMILES string of the molecule is CC(=O)OC1(C)[C@@H](C)OC(n2ccc(=O)[nH]c2=O)[C@]1(C)F. The van der Waals surface area contributed by atoms with E-state index in [1.54, 1.807) is 6.92 Å². The van der Waals surface area contributed by atoms with Crippen LogP contribution in [0.1, 0.15) is 33.9 Å². The van der Waals surface area contributed by atoms with Crippen LogP contribution in [0.15, 0.2) is 21.9 Å². The van der Waals surface area contributed by atoms with E-state index in [0.29, 0.717) is 0 Å². The van der Waals surface area contributed by atoms with Crippen LogP contribution in [-0.4, -0.2) is 32.9 Å². The molecular weight excluding hydrogens is 283 g/mol. The number of rotatable bonds is 2. The molecule has 4 atom stereocenters. The summed E-state index contributed by atoms with van der Waals surface area (Å²) in [5.41, 5.74) is -5.11. The first-order valence-corrected chi connectivity index (χ1v) is 6.45. The number of aromatic amines is 1. The number of halogens is 1. The van der Waals surface area contributed by atoms with Crippen LogP contribution in [0.4, 0.5) is 4.39 Å². The summed E-state index contributed by atoms with van der Waals surface area (Å²) >= 11 is 0. The van der Waals surface area contributed by atoms with Gasteiger partial charge in [-0.05, 0) is 20.8 Å². The molecule has 2 heterocycles. The molecule has 1 N–H and O–H groups in total. The molecule has 0 aliphatic carbocycles. The molecule has 0 spiro atoms. The van der Waals surface area contributed by atoms with Gasteiger partial charge in [0.25, 0.3) is 5.56 Å². The van der Waals surface area contributed by atoms with Gasteiger partial charge in [-0.3, -0.25) is 19.1 Å². The summed E-state index contributed by atoms with van der Waals surface area (Å²) in [6.07, 6.45) is -0.947. The first-order valence-electron chi connectivity index (χ1n) is 6.45. The number of nitrogens with one attached hydrogen (secondary N) is 1. The molecule has 0 amide bonds. The Hall–Kier alpha value is -1.96. The van der Waals surface area contributed by atoms with Gasteiger partial charge in [-0.25, -0.2) is 9.18 Å². The van der Waals surface area contributed by atoms with Gasteiger partial charge in [0.05, 0.1) is 0 Å². The first-order chi connectivity index (χ1) is 9.59. The second-order valence-electron chi connectivity index (χ2n) is 5.42. The van der Waals surface area contributed by atoms with Crippen LogP contribution in [0.3, 0.4) is 0 Å². The number of hydrogen-bond acceptors (Lipinski definition) is 5. The Bertz CT molecular complexity index is 680. The predicted octanol–water partition coefficient (Wildman–Crippen LogP) is 0.504. The topological polar surface area (TPSA) is 90.4 Å². The van der Waals surface area contributed by atoms with Crippen LogP contribution in [0, 0.1) is 0 Å². The number of nitrogens with zero attached hydrogens (tertiary/aromatic N) is 1. The Morgan fingerprint density at radius 3 is 2.62 bits per heavy atom. The van der Waals surface area contributed by atoms with Crippen molar-refractivity contribution in [2.24, 2.45) is 0 Å². The van der Waals surface area contributed by atoms with E-state index in [1.165, 1.54) is 20.8 Å². The fourth-order valence-corrected chi connectivity index (χ4v) is 2.51. The van der Waals surface area contributed by atoms with Crippen molar-refractivity contribution in [3.63, 3.8) is 0 Å². The van der Waals surface area contributed by atoms with Gasteiger partial charge in [0.2, 0.25) is 0 Å². The average molecular weight is 300 g/mol. The van der Waals surface area contributed by atoms with E-state index in [2.05, 4.69) is 0 Å². The van der Waals surface area contributed by atoms with Crippen LogP contribution >= 0.6 is 0 Å². The maximum absolute atomic E-state index is 15.2. The zero-order valence-electron chi connectivity index (χ0n) is 12.2. The third kappa shape index (κ3) is 2.29. The van der Waals surface area contributed by atoms with Crippen LogP contribution in [0.25, 0.3) is 0 Å². The second-order valence-corrected chi connectivity index (χ2v) is 5.42. The number of esters is 1. The van der Waals surface area contributed by atoms with Crippen molar-refractivity contribution in [1.82, 2.24) is 9.55 Å². The quantitative estimate of drug-likeness (QED) is 0.803. The maximum atomic E-state index is 15.2. The Balaban J connectivity index is 2.51. The predicted molar refractivity (Wildman–Crippen MR) is 70.6 cm³/mol. The van der Waals surface area contributed by atoms with Crippen molar-refractivity contribution in [3.8, 4) is 0 Å². The highest BCUT2D eigenvalue weighted by molar-refractivity contribution is 5.67. The number of carbonyl (C=O) groups excluding carboxylic acids is 1. The van der Waals surface area contributed by atoms with Crippen LogP contribution < -0.4 is 11.2 Å². The van der Waals surface area contributed by atoms with Crippen molar-refractivity contribution in [2.75, 3.05) is 0 Å². The van der Waals surface area contributed by atoms with E-state index in [4.69, 9.17) is 9.47 Å². The lowest BCUT2D eigenvalue weighted by atomic mass is 9.84. The lowest BCUT2D eigenvalue weighted by Gasteiger charge is -2.36. The van der Waals surface area contributed by atoms with Gasteiger partial charge in [-0.1, -0.05) is 0 Å². The van der Waals surface area contributed by atoms with Crippen LogP contribution in [0.2, 0.25) is 0 Å². The lowest BCUT2D eigenvalue weighted by molar-refractivity contribution is -0.172. The van der Waals surface area contributed by atoms with E-state index in [9.17, 15) is 14.4 Å². The van der Waals surface area contributed by atoms with Gasteiger partial charge in [0.15, 0.2) is 17.5 Å². The van der Waals surface area contributed by atoms with Crippen molar-refractivity contribution in [3.05, 3.63) is 33.1 Å². The van der Waals surface area contributed by atoms with E-state index in [0.717, 1.165) is 16.8 Å². The molecular formula is C13H17FN2O5. The minimum atomic E-state index is -2.17. The molecule has 0 aromatic carbocycles. The number of hydrogen-bond donors (Lipinski definition) is 1. The zero-order valence-corrected chi connectivity index (χ0v) is 12.2. The molecule has 8 heteroatoms. The Labute approximate surface area is 119 Å². The molecule has 1 aliphatic heterocycles. The maximum Gasteiger partial charge on any atom is 0.330 e. The molecule has 1 saturated heterocycles. The van der Waals surface area contributed by atoms with Gasteiger partial charge in [-0.2, -0.15) is 0 Å². The van der Waals surface area contributed by atoms with Crippen molar-refractivity contribution in [1.29, 1.82) is 0 Å². The Morgan fingerprint density at radius 2 is 2.10 bits per heavy atom. The minimum absolute atomic E-state index is 0.592. The minimum Gasteiger partial charge on any atom is -0.453 e. The Kier molecular flexibility index (Phi) is 3.53. The first kappa shape index (κ1) is 15.4. The number of aromatic nitrogens is 2. The highest BCUT2D eigenvalue weighted by Crippen LogP contribution is 2.49. The summed E-state index contributed by atoms with van der Waals surface area (Å²) in [5.74, 6) is -0.647. The van der Waals surface area contributed by atoms with Crippen molar-refractivity contribution >= 4 is 5.97 Å². The van der Waals surface area contributed by atoms with E-state index in [1.807, 2.05) is 4.98 Å². The standard InChI is InChI=1S/C13H17FN2O5/c1-7-13(4,21-8(2)17)12(3,14)10(20-7)16-6-5-9(18)15-11(16)19/h5-7,10H,1-4H3,(H,15,18,19)/t7-,10?,12+,13?/m1/s1. The fourth-order valence-electron chi connectivity index (χ4n) is 2.51. The number of alkyl halides is 1. The third-order valence-electron chi connectivity index (χ3n) is 4.00. The molecule has 21 heavy (non-hydrogen) atoms. The van der Waals surface area contributed by atoms with Crippen LogP contribution in [-0.2, 0) is 14.3 Å². The van der Waals surface area contributed by atoms with Gasteiger partial charge in [0.1, 0.15) is 6.10 Å². The van der Waals surface area contributed by atoms with Gasteiger partial charge in [0, 0.05) is 19.2 Å². The second kappa shape index (κ2) is 4.80. The number of ether oxygens (including phenoxy) is 2. The third-order valence-corrected chi connectivity index (χ3v) is 4.00. The molecule has 7 nitrogen and oxygen atoms in total. The smallest absolute Gasteiger partial charge is 0.330 e. The summed E-state index contributed by atoms with van der Waals surface area (Å²) in [7, 11) is 0. The van der Waals surface area contributed by atoms with E-state index in [-0.39, 0.29) is 0 Å². The number of carbonyl (C=O) groups is 1. The highest BCUT2D eigenvalue weighted by atomic mass is 19.1. The van der Waals surface area contributed by atoms with Crippen LogP contribution in [0.5, 0.6) is 0 Å². The molecule has 1 aliphatic rings. The molecule has 2 unspecified atom stereocenters. The average Bonchev–Trinajstić information content (AvgIpc) is 2.50. The molecule has 0 bridgehead atoms. The Morgan fingerprint density at radius 1 is 1.48 bits per heavy atom. The highest BCUT2D eigenvalue weighted by Gasteiger charge is 2.65. The molecule has 1 aromatic heterocycles. The van der Waals surface area contributed by atoms with Gasteiger partial charge < -0.3 is 9.47 Å². The molecule has 2 rings (SSSR count). The zero-order chi connectivity index (χ0) is 16.0. The molecule has 1 aromatic rings. The molecule has 0 radical (unpaired) electrons. The van der Waals surface area contributed by atoms with Gasteiger partial charge >= 0.3 is 11.7 Å². The summed E-state index contributed by atoms with van der Waals surface area (Å²) in [4.78, 5) is 36.2. The number of H-pyrrole nitrogens is 1.